The third kappa shape index (κ3) is 5.28. The van der Waals surface area contributed by atoms with Gasteiger partial charge in [-0.05, 0) is 32.8 Å². The second-order valence-electron chi connectivity index (χ2n) is 5.90. The second kappa shape index (κ2) is 6.83. The Morgan fingerprint density at radius 3 is 2.30 bits per heavy atom. The zero-order chi connectivity index (χ0) is 15.3. The van der Waals surface area contributed by atoms with Crippen LogP contribution in [0.3, 0.4) is 0 Å². The summed E-state index contributed by atoms with van der Waals surface area (Å²) in [6.45, 7) is 5.23. The topological polar surface area (TPSA) is 98.6 Å². The molecule has 0 aromatic heterocycles. The molecule has 0 aliphatic heterocycles. The number of hydrogen-bond donors (Lipinski definition) is 3. The predicted octanol–water partition coefficient (Wildman–Crippen LogP) is 0.586. The number of benzene rings is 1. The molecule has 3 unspecified atom stereocenters. The van der Waals surface area contributed by atoms with E-state index in [9.17, 15) is 9.90 Å². The fraction of sp³-hybridized carbons (Fsp3) is 0.533. The zero-order valence-corrected chi connectivity index (χ0v) is 12.2. The van der Waals surface area contributed by atoms with Crippen LogP contribution >= 0.6 is 0 Å². The minimum Gasteiger partial charge on any atom is -0.459 e. The number of nitrogens with two attached hydrogens (primary N) is 2. The van der Waals surface area contributed by atoms with Crippen LogP contribution in [0.25, 0.3) is 0 Å². The van der Waals surface area contributed by atoms with Crippen molar-refractivity contribution in [2.45, 2.75) is 51.0 Å². The van der Waals surface area contributed by atoms with Gasteiger partial charge in [0.1, 0.15) is 11.6 Å². The van der Waals surface area contributed by atoms with Crippen LogP contribution in [0.1, 0.15) is 26.3 Å². The van der Waals surface area contributed by atoms with E-state index in [0.29, 0.717) is 6.42 Å². The fourth-order valence-electron chi connectivity index (χ4n) is 1.78. The van der Waals surface area contributed by atoms with Gasteiger partial charge in [0.15, 0.2) is 0 Å². The first kappa shape index (κ1) is 16.6. The number of esters is 1. The predicted molar refractivity (Wildman–Crippen MR) is 77.9 cm³/mol. The van der Waals surface area contributed by atoms with Crippen molar-refractivity contribution in [3.05, 3.63) is 35.9 Å². The average molecular weight is 280 g/mol. The highest BCUT2D eigenvalue weighted by Crippen LogP contribution is 2.11. The van der Waals surface area contributed by atoms with E-state index in [-0.39, 0.29) is 0 Å². The van der Waals surface area contributed by atoms with Gasteiger partial charge in [0.25, 0.3) is 0 Å². The van der Waals surface area contributed by atoms with Gasteiger partial charge in [0, 0.05) is 6.04 Å². The highest BCUT2D eigenvalue weighted by atomic mass is 16.6. The van der Waals surface area contributed by atoms with E-state index in [4.69, 9.17) is 16.2 Å². The molecule has 5 heteroatoms. The quantitative estimate of drug-likeness (QED) is 0.686. The van der Waals surface area contributed by atoms with E-state index in [1.807, 2.05) is 30.3 Å². The summed E-state index contributed by atoms with van der Waals surface area (Å²) in [7, 11) is 0. The summed E-state index contributed by atoms with van der Waals surface area (Å²) < 4.78 is 5.14. The van der Waals surface area contributed by atoms with E-state index >= 15 is 0 Å². The summed E-state index contributed by atoms with van der Waals surface area (Å²) in [5.41, 5.74) is 12.0. The van der Waals surface area contributed by atoms with Crippen molar-refractivity contribution in [2.24, 2.45) is 11.5 Å². The first-order chi connectivity index (χ1) is 9.20. The largest absolute Gasteiger partial charge is 0.459 e. The molecule has 0 spiro atoms. The Balaban J connectivity index is 2.59. The van der Waals surface area contributed by atoms with Gasteiger partial charge in [-0.25, -0.2) is 0 Å². The zero-order valence-electron chi connectivity index (χ0n) is 12.2. The normalized spacial score (nSPS) is 16.3. The van der Waals surface area contributed by atoms with Gasteiger partial charge >= 0.3 is 5.97 Å². The molecule has 5 nitrogen and oxygen atoms in total. The van der Waals surface area contributed by atoms with Crippen molar-refractivity contribution in [3.63, 3.8) is 0 Å². The Kier molecular flexibility index (Phi) is 5.68. The number of hydrogen-bond acceptors (Lipinski definition) is 5. The van der Waals surface area contributed by atoms with Crippen LogP contribution in [0, 0.1) is 0 Å². The maximum atomic E-state index is 11.8. The van der Waals surface area contributed by atoms with E-state index in [2.05, 4.69) is 0 Å². The molecule has 0 aliphatic rings. The van der Waals surface area contributed by atoms with Gasteiger partial charge in [-0.15, -0.1) is 0 Å². The SMILES string of the molecule is CC(C)(C)OC(=O)C(N)C(O)C(N)Cc1ccccc1. The Morgan fingerprint density at radius 1 is 1.25 bits per heavy atom. The van der Waals surface area contributed by atoms with Gasteiger partial charge in [-0.3, -0.25) is 4.79 Å². The molecule has 0 radical (unpaired) electrons. The summed E-state index contributed by atoms with van der Waals surface area (Å²) >= 11 is 0. The molecule has 0 bridgehead atoms. The van der Waals surface area contributed by atoms with Crippen LogP contribution in [-0.4, -0.2) is 34.9 Å². The fourth-order valence-corrected chi connectivity index (χ4v) is 1.78. The van der Waals surface area contributed by atoms with Crippen LogP contribution in [0.4, 0.5) is 0 Å². The maximum Gasteiger partial charge on any atom is 0.326 e. The molecule has 5 N–H and O–H groups in total. The Morgan fingerprint density at radius 2 is 1.80 bits per heavy atom. The summed E-state index contributed by atoms with van der Waals surface area (Å²) in [4.78, 5) is 11.8. The molecule has 0 aliphatic carbocycles. The average Bonchev–Trinajstić information content (AvgIpc) is 2.36. The van der Waals surface area contributed by atoms with Crippen molar-refractivity contribution >= 4 is 5.97 Å². The number of aliphatic hydroxyl groups is 1. The minimum absolute atomic E-state index is 0.443. The Labute approximate surface area is 119 Å². The summed E-state index contributed by atoms with van der Waals surface area (Å²) in [6, 6.07) is 7.73. The third-order valence-electron chi connectivity index (χ3n) is 2.80. The Hall–Kier alpha value is -1.43. The standard InChI is InChI=1S/C15H24N2O3/c1-15(2,3)20-14(19)12(17)13(18)11(16)9-10-7-5-4-6-8-10/h4-8,11-13,18H,9,16-17H2,1-3H3. The first-order valence-electron chi connectivity index (χ1n) is 6.67. The Bertz CT molecular complexity index is 428. The lowest BCUT2D eigenvalue weighted by atomic mass is 9.97. The van der Waals surface area contributed by atoms with Crippen LogP contribution in [0.2, 0.25) is 0 Å². The lowest BCUT2D eigenvalue weighted by molar-refractivity contribution is -0.159. The van der Waals surface area contributed by atoms with Crippen molar-refractivity contribution in [1.29, 1.82) is 0 Å². The molecule has 1 aromatic carbocycles. The van der Waals surface area contributed by atoms with Crippen LogP contribution in [0.15, 0.2) is 30.3 Å². The van der Waals surface area contributed by atoms with Crippen molar-refractivity contribution < 1.29 is 14.6 Å². The molecule has 1 rings (SSSR count). The van der Waals surface area contributed by atoms with Gasteiger partial charge in [0.2, 0.25) is 0 Å². The van der Waals surface area contributed by atoms with Gasteiger partial charge in [0.05, 0.1) is 6.10 Å². The lowest BCUT2D eigenvalue weighted by Crippen LogP contribution is -2.53. The summed E-state index contributed by atoms with van der Waals surface area (Å²) in [5, 5.41) is 10.1. The molecular formula is C15H24N2O3. The molecule has 0 fully saturated rings. The summed E-state index contributed by atoms with van der Waals surface area (Å²) in [5.74, 6) is -0.645. The molecule has 0 saturated carbocycles. The molecule has 0 amide bonds. The van der Waals surface area contributed by atoms with Crippen molar-refractivity contribution in [1.82, 2.24) is 0 Å². The second-order valence-corrected chi connectivity index (χ2v) is 5.90. The van der Waals surface area contributed by atoms with E-state index in [0.717, 1.165) is 5.56 Å². The molecular weight excluding hydrogens is 256 g/mol. The molecule has 0 heterocycles. The van der Waals surface area contributed by atoms with Crippen molar-refractivity contribution in [3.8, 4) is 0 Å². The van der Waals surface area contributed by atoms with Gasteiger partial charge in [-0.2, -0.15) is 0 Å². The molecule has 3 atom stereocenters. The molecule has 1 aromatic rings. The van der Waals surface area contributed by atoms with Crippen LogP contribution < -0.4 is 11.5 Å². The minimum atomic E-state index is -1.15. The number of rotatable bonds is 5. The van der Waals surface area contributed by atoms with Gasteiger partial charge in [-0.1, -0.05) is 30.3 Å². The highest BCUT2D eigenvalue weighted by Gasteiger charge is 2.31. The van der Waals surface area contributed by atoms with E-state index < -0.39 is 29.8 Å². The third-order valence-corrected chi connectivity index (χ3v) is 2.80. The van der Waals surface area contributed by atoms with E-state index in [1.165, 1.54) is 0 Å². The molecule has 112 valence electrons. The van der Waals surface area contributed by atoms with E-state index in [1.54, 1.807) is 20.8 Å². The van der Waals surface area contributed by atoms with Crippen molar-refractivity contribution in [2.75, 3.05) is 0 Å². The number of aliphatic hydroxyl groups excluding tert-OH is 1. The van der Waals surface area contributed by atoms with Gasteiger partial charge < -0.3 is 21.3 Å². The number of ether oxygens (including phenoxy) is 1. The first-order valence-corrected chi connectivity index (χ1v) is 6.67. The smallest absolute Gasteiger partial charge is 0.326 e. The molecule has 0 saturated heterocycles. The lowest BCUT2D eigenvalue weighted by Gasteiger charge is -2.27. The van der Waals surface area contributed by atoms with Crippen LogP contribution in [0.5, 0.6) is 0 Å². The molecule has 20 heavy (non-hydrogen) atoms. The van der Waals surface area contributed by atoms with Crippen LogP contribution in [-0.2, 0) is 16.0 Å². The maximum absolute atomic E-state index is 11.8. The number of carbonyl (C=O) groups excluding carboxylic acids is 1. The number of carbonyl (C=O) groups is 1. The monoisotopic (exact) mass is 280 g/mol. The summed E-state index contributed by atoms with van der Waals surface area (Å²) in [6.07, 6.45) is -0.705. The highest BCUT2D eigenvalue weighted by molar-refractivity contribution is 5.76.